The van der Waals surface area contributed by atoms with Crippen molar-refractivity contribution >= 4 is 28.6 Å². The van der Waals surface area contributed by atoms with E-state index in [0.717, 1.165) is 17.5 Å². The highest BCUT2D eigenvalue weighted by molar-refractivity contribution is 7.12. The van der Waals surface area contributed by atoms with Crippen LogP contribution in [-0.2, 0) is 13.1 Å². The minimum absolute atomic E-state index is 0.713. The molecule has 0 aliphatic carbocycles. The summed E-state index contributed by atoms with van der Waals surface area (Å²) in [4.78, 5) is 12.8. The summed E-state index contributed by atoms with van der Waals surface area (Å²) in [7, 11) is 0. The number of nitrogens with zero attached hydrogens (tertiary/aromatic N) is 2. The lowest BCUT2D eigenvalue weighted by Gasteiger charge is -2.09. The molecule has 2 heterocycles. The van der Waals surface area contributed by atoms with E-state index in [1.165, 1.54) is 14.6 Å². The van der Waals surface area contributed by atoms with Gasteiger partial charge in [0.05, 0.1) is 13.1 Å². The normalized spacial score (nSPS) is 11.7. The molecule has 4 nitrogen and oxygen atoms in total. The molecule has 0 aliphatic heterocycles. The Bertz CT molecular complexity index is 571. The molecule has 0 bridgehead atoms. The third kappa shape index (κ3) is 4.61. The molecular formula is C14H20N4S2. The first-order valence-electron chi connectivity index (χ1n) is 6.66. The van der Waals surface area contributed by atoms with E-state index >= 15 is 0 Å². The van der Waals surface area contributed by atoms with Gasteiger partial charge in [0, 0.05) is 27.4 Å². The van der Waals surface area contributed by atoms with Gasteiger partial charge >= 0.3 is 0 Å². The van der Waals surface area contributed by atoms with Gasteiger partial charge in [-0.05, 0) is 32.9 Å². The average Bonchev–Trinajstić information content (AvgIpc) is 3.02. The number of thiazole rings is 1. The van der Waals surface area contributed by atoms with Crippen LogP contribution in [0.5, 0.6) is 0 Å². The first-order chi connectivity index (χ1) is 9.67. The highest BCUT2D eigenvalue weighted by Gasteiger charge is 2.02. The molecule has 0 radical (unpaired) electrons. The Labute approximate surface area is 128 Å². The van der Waals surface area contributed by atoms with Crippen LogP contribution in [0.25, 0.3) is 0 Å². The lowest BCUT2D eigenvalue weighted by molar-refractivity contribution is 0.813. The molecule has 0 unspecified atom stereocenters. The fourth-order valence-electron chi connectivity index (χ4n) is 1.71. The van der Waals surface area contributed by atoms with Gasteiger partial charge in [-0.25, -0.2) is 9.98 Å². The maximum atomic E-state index is 4.60. The van der Waals surface area contributed by atoms with Gasteiger partial charge in [0.15, 0.2) is 5.96 Å². The minimum Gasteiger partial charge on any atom is -0.357 e. The smallest absolute Gasteiger partial charge is 0.191 e. The zero-order valence-corrected chi connectivity index (χ0v) is 13.7. The minimum atomic E-state index is 0.713. The molecular weight excluding hydrogens is 288 g/mol. The molecule has 0 saturated heterocycles. The van der Waals surface area contributed by atoms with E-state index in [2.05, 4.69) is 53.5 Å². The summed E-state index contributed by atoms with van der Waals surface area (Å²) in [6.07, 6.45) is 1.90. The Kier molecular flexibility index (Phi) is 5.55. The van der Waals surface area contributed by atoms with Crippen molar-refractivity contribution in [1.82, 2.24) is 15.6 Å². The van der Waals surface area contributed by atoms with Crippen LogP contribution in [0.2, 0.25) is 0 Å². The summed E-state index contributed by atoms with van der Waals surface area (Å²) in [6.45, 7) is 8.54. The van der Waals surface area contributed by atoms with Crippen LogP contribution < -0.4 is 10.6 Å². The number of hydrogen-bond donors (Lipinski definition) is 2. The predicted molar refractivity (Wildman–Crippen MR) is 87.6 cm³/mol. The van der Waals surface area contributed by atoms with Crippen molar-refractivity contribution in [3.63, 3.8) is 0 Å². The number of guanidine groups is 1. The van der Waals surface area contributed by atoms with E-state index in [0.29, 0.717) is 13.1 Å². The molecule has 2 rings (SSSR count). The molecule has 6 heteroatoms. The number of aliphatic imine (C=N–C) groups is 1. The van der Waals surface area contributed by atoms with Crippen LogP contribution >= 0.6 is 22.7 Å². The summed E-state index contributed by atoms with van der Waals surface area (Å²) in [5.41, 5.74) is 0. The van der Waals surface area contributed by atoms with E-state index in [1.807, 2.05) is 6.20 Å². The molecule has 0 aliphatic rings. The lowest BCUT2D eigenvalue weighted by atomic mass is 10.4. The highest BCUT2D eigenvalue weighted by atomic mass is 32.1. The lowest BCUT2D eigenvalue weighted by Crippen LogP contribution is -2.36. The van der Waals surface area contributed by atoms with Crippen molar-refractivity contribution in [2.24, 2.45) is 4.99 Å². The van der Waals surface area contributed by atoms with Crippen LogP contribution in [0.3, 0.4) is 0 Å². The van der Waals surface area contributed by atoms with E-state index < -0.39 is 0 Å². The van der Waals surface area contributed by atoms with Crippen LogP contribution in [0.1, 0.15) is 26.6 Å². The Morgan fingerprint density at radius 1 is 1.20 bits per heavy atom. The third-order valence-corrected chi connectivity index (χ3v) is 4.51. The molecule has 0 amide bonds. The fourth-order valence-corrected chi connectivity index (χ4v) is 3.25. The summed E-state index contributed by atoms with van der Waals surface area (Å²) in [5, 5.41) is 7.66. The molecule has 2 aromatic heterocycles. The molecule has 2 aromatic rings. The standard InChI is InChI=1S/C14H20N4S2/c1-4-15-14(17-8-12-6-5-10(2)19-12)18-9-13-16-7-11(3)20-13/h5-7H,4,8-9H2,1-3H3,(H2,15,17,18). The Morgan fingerprint density at radius 3 is 2.65 bits per heavy atom. The molecule has 108 valence electrons. The zero-order valence-electron chi connectivity index (χ0n) is 12.1. The average molecular weight is 308 g/mol. The monoisotopic (exact) mass is 308 g/mol. The Morgan fingerprint density at radius 2 is 2.05 bits per heavy atom. The number of hydrogen-bond acceptors (Lipinski definition) is 4. The maximum absolute atomic E-state index is 4.60. The topological polar surface area (TPSA) is 49.3 Å². The highest BCUT2D eigenvalue weighted by Crippen LogP contribution is 2.15. The maximum Gasteiger partial charge on any atom is 0.191 e. The second-order valence-corrected chi connectivity index (χ2v) is 7.12. The quantitative estimate of drug-likeness (QED) is 0.659. The number of rotatable bonds is 5. The van der Waals surface area contributed by atoms with Crippen molar-refractivity contribution in [1.29, 1.82) is 0 Å². The van der Waals surface area contributed by atoms with Crippen molar-refractivity contribution in [3.8, 4) is 0 Å². The van der Waals surface area contributed by atoms with Crippen LogP contribution in [0.4, 0.5) is 0 Å². The second-order valence-electron chi connectivity index (χ2n) is 4.43. The number of aromatic nitrogens is 1. The molecule has 0 saturated carbocycles. The van der Waals surface area contributed by atoms with E-state index in [4.69, 9.17) is 0 Å². The second kappa shape index (κ2) is 7.40. The van der Waals surface area contributed by atoms with Gasteiger partial charge in [-0.15, -0.1) is 22.7 Å². The molecule has 0 atom stereocenters. The summed E-state index contributed by atoms with van der Waals surface area (Å²) in [5.74, 6) is 0.839. The van der Waals surface area contributed by atoms with E-state index in [9.17, 15) is 0 Å². The molecule has 2 N–H and O–H groups in total. The van der Waals surface area contributed by atoms with Crippen LogP contribution in [0, 0.1) is 13.8 Å². The van der Waals surface area contributed by atoms with Gasteiger partial charge in [0.25, 0.3) is 0 Å². The van der Waals surface area contributed by atoms with Crippen molar-refractivity contribution < 1.29 is 0 Å². The van der Waals surface area contributed by atoms with Gasteiger partial charge in [-0.2, -0.15) is 0 Å². The van der Waals surface area contributed by atoms with Gasteiger partial charge in [-0.1, -0.05) is 0 Å². The fraction of sp³-hybridized carbons (Fsp3) is 0.429. The molecule has 20 heavy (non-hydrogen) atoms. The zero-order chi connectivity index (χ0) is 14.4. The Hall–Kier alpha value is -1.40. The first-order valence-corrected chi connectivity index (χ1v) is 8.29. The van der Waals surface area contributed by atoms with Gasteiger partial charge in [0.1, 0.15) is 5.01 Å². The predicted octanol–water partition coefficient (Wildman–Crippen LogP) is 3.08. The number of nitrogens with one attached hydrogen (secondary N) is 2. The van der Waals surface area contributed by atoms with Crippen LogP contribution in [-0.4, -0.2) is 17.5 Å². The summed E-state index contributed by atoms with van der Waals surface area (Å²) < 4.78 is 0. The van der Waals surface area contributed by atoms with Gasteiger partial charge < -0.3 is 10.6 Å². The SMILES string of the molecule is CCNC(=NCc1ccc(C)s1)NCc1ncc(C)s1. The molecule has 0 fully saturated rings. The Balaban J connectivity index is 1.91. The number of thiophene rings is 1. The van der Waals surface area contributed by atoms with Crippen molar-refractivity contribution in [2.75, 3.05) is 6.54 Å². The largest absolute Gasteiger partial charge is 0.357 e. The van der Waals surface area contributed by atoms with E-state index in [-0.39, 0.29) is 0 Å². The number of aryl methyl sites for hydroxylation is 2. The van der Waals surface area contributed by atoms with Gasteiger partial charge in [-0.3, -0.25) is 0 Å². The third-order valence-electron chi connectivity index (χ3n) is 2.61. The summed E-state index contributed by atoms with van der Waals surface area (Å²) in [6, 6.07) is 4.27. The summed E-state index contributed by atoms with van der Waals surface area (Å²) >= 11 is 3.50. The van der Waals surface area contributed by atoms with Gasteiger partial charge in [0.2, 0.25) is 0 Å². The molecule has 0 spiro atoms. The van der Waals surface area contributed by atoms with E-state index in [1.54, 1.807) is 22.7 Å². The van der Waals surface area contributed by atoms with Crippen LogP contribution in [0.15, 0.2) is 23.3 Å². The first kappa shape index (κ1) is 15.0. The van der Waals surface area contributed by atoms with Crippen molar-refractivity contribution in [3.05, 3.63) is 38.0 Å². The molecule has 0 aromatic carbocycles. The van der Waals surface area contributed by atoms with Crippen molar-refractivity contribution in [2.45, 2.75) is 33.9 Å².